The zero-order valence-electron chi connectivity index (χ0n) is 8.44. The van der Waals surface area contributed by atoms with Crippen LogP contribution in [0.5, 0.6) is 0 Å². The summed E-state index contributed by atoms with van der Waals surface area (Å²) in [5.41, 5.74) is 0.935. The molecule has 0 aromatic heterocycles. The number of hydrogen-bond donors (Lipinski definition) is 0. The summed E-state index contributed by atoms with van der Waals surface area (Å²) in [4.78, 5) is 0. The summed E-state index contributed by atoms with van der Waals surface area (Å²) in [6, 6.07) is 7.41. The van der Waals surface area contributed by atoms with Crippen molar-refractivity contribution in [2.24, 2.45) is 0 Å². The largest absolute Gasteiger partial charge is 0.130 e. The number of benzene rings is 1. The van der Waals surface area contributed by atoms with Crippen LogP contribution in [0.25, 0.3) is 0 Å². The summed E-state index contributed by atoms with van der Waals surface area (Å²) >= 11 is 18.5. The molecule has 0 N–H and O–H groups in total. The van der Waals surface area contributed by atoms with Gasteiger partial charge in [-0.15, -0.1) is 23.2 Å². The molecule has 14 heavy (non-hydrogen) atoms. The van der Waals surface area contributed by atoms with Crippen LogP contribution in [-0.4, -0.2) is 8.07 Å². The second-order valence-electron chi connectivity index (χ2n) is 4.33. The van der Waals surface area contributed by atoms with Crippen LogP contribution >= 0.6 is 34.8 Å². The van der Waals surface area contributed by atoms with Crippen molar-refractivity contribution < 1.29 is 0 Å². The molecular formula is C10H13Cl3Si. The predicted octanol–water partition coefficient (Wildman–Crippen LogP) is 4.85. The van der Waals surface area contributed by atoms with Crippen LogP contribution in [0.15, 0.2) is 24.3 Å². The van der Waals surface area contributed by atoms with Crippen LogP contribution in [0.1, 0.15) is 5.56 Å². The van der Waals surface area contributed by atoms with Gasteiger partial charge in [0.1, 0.15) is 3.96 Å². The molecule has 78 valence electrons. The van der Waals surface area contributed by atoms with Gasteiger partial charge in [-0.3, -0.25) is 0 Å². The molecule has 0 atom stereocenters. The lowest BCUT2D eigenvalue weighted by atomic mass is 10.2. The van der Waals surface area contributed by atoms with E-state index in [1.165, 1.54) is 0 Å². The lowest BCUT2D eigenvalue weighted by molar-refractivity contribution is 1.15. The fourth-order valence-corrected chi connectivity index (χ4v) is 2.50. The molecule has 0 unspecified atom stereocenters. The van der Waals surface area contributed by atoms with Crippen molar-refractivity contribution in [1.29, 1.82) is 0 Å². The number of halogens is 3. The number of hydrogen-bond acceptors (Lipinski definition) is 0. The summed E-state index contributed by atoms with van der Waals surface area (Å²) in [5, 5.41) is 0.702. The lowest BCUT2D eigenvalue weighted by Crippen LogP contribution is -2.40. The Labute approximate surface area is 101 Å². The quantitative estimate of drug-likeness (QED) is 0.531. The first-order chi connectivity index (χ1) is 6.25. The summed E-state index contributed by atoms with van der Waals surface area (Å²) in [6.45, 7) is 6.42. The topological polar surface area (TPSA) is 0 Å². The van der Waals surface area contributed by atoms with Gasteiger partial charge in [0.05, 0.1) is 8.07 Å². The van der Waals surface area contributed by atoms with E-state index in [4.69, 9.17) is 34.8 Å². The van der Waals surface area contributed by atoms with E-state index in [-0.39, 0.29) is 0 Å². The molecule has 0 saturated carbocycles. The molecule has 0 amide bonds. The van der Waals surface area contributed by atoms with Gasteiger partial charge in [0.15, 0.2) is 0 Å². The Morgan fingerprint density at radius 2 is 1.43 bits per heavy atom. The van der Waals surface area contributed by atoms with Gasteiger partial charge in [0, 0.05) is 5.02 Å². The zero-order chi connectivity index (χ0) is 11.0. The van der Waals surface area contributed by atoms with Crippen LogP contribution < -0.4 is 0 Å². The normalized spacial score (nSPS) is 13.0. The fraction of sp³-hybridized carbons (Fsp3) is 0.400. The SMILES string of the molecule is C[Si](C)(C)C(Cl)(Cl)c1ccc(Cl)cc1. The molecular weight excluding hydrogens is 255 g/mol. The van der Waals surface area contributed by atoms with Gasteiger partial charge in [-0.2, -0.15) is 0 Å². The summed E-state index contributed by atoms with van der Waals surface area (Å²) < 4.78 is -0.752. The van der Waals surface area contributed by atoms with Crippen molar-refractivity contribution in [3.05, 3.63) is 34.9 Å². The fourth-order valence-electron chi connectivity index (χ4n) is 1.09. The Kier molecular flexibility index (Phi) is 3.58. The maximum Gasteiger partial charge on any atom is 0.130 e. The highest BCUT2D eigenvalue weighted by atomic mass is 35.5. The summed E-state index contributed by atoms with van der Waals surface area (Å²) in [7, 11) is -1.66. The summed E-state index contributed by atoms with van der Waals surface area (Å²) in [5.74, 6) is 0. The number of alkyl halides is 2. The van der Waals surface area contributed by atoms with Gasteiger partial charge in [-0.25, -0.2) is 0 Å². The second kappa shape index (κ2) is 4.05. The molecule has 1 rings (SSSR count). The minimum Gasteiger partial charge on any atom is -0.101 e. The monoisotopic (exact) mass is 266 g/mol. The van der Waals surface area contributed by atoms with Gasteiger partial charge in [0.2, 0.25) is 0 Å². The first-order valence-electron chi connectivity index (χ1n) is 4.39. The summed E-state index contributed by atoms with van der Waals surface area (Å²) in [6.07, 6.45) is 0. The first kappa shape index (κ1) is 12.4. The molecule has 1 aromatic rings. The highest BCUT2D eigenvalue weighted by molar-refractivity contribution is 6.93. The van der Waals surface area contributed by atoms with Gasteiger partial charge in [0.25, 0.3) is 0 Å². The van der Waals surface area contributed by atoms with Crippen LogP contribution in [0.3, 0.4) is 0 Å². The Hall–Kier alpha value is 0.307. The van der Waals surface area contributed by atoms with E-state index >= 15 is 0 Å². The van der Waals surface area contributed by atoms with E-state index in [1.807, 2.05) is 24.3 Å². The third kappa shape index (κ3) is 2.46. The van der Waals surface area contributed by atoms with Gasteiger partial charge in [-0.1, -0.05) is 43.4 Å². The lowest BCUT2D eigenvalue weighted by Gasteiger charge is -2.32. The van der Waals surface area contributed by atoms with Gasteiger partial charge >= 0.3 is 0 Å². The van der Waals surface area contributed by atoms with E-state index in [9.17, 15) is 0 Å². The molecule has 0 bridgehead atoms. The first-order valence-corrected chi connectivity index (χ1v) is 9.02. The van der Waals surface area contributed by atoms with Crippen molar-refractivity contribution in [3.63, 3.8) is 0 Å². The Bertz CT molecular complexity index is 311. The molecule has 1 aromatic carbocycles. The van der Waals surface area contributed by atoms with Crippen molar-refractivity contribution >= 4 is 42.9 Å². The minimum absolute atomic E-state index is 0.702. The van der Waals surface area contributed by atoms with E-state index < -0.39 is 12.0 Å². The maximum absolute atomic E-state index is 6.37. The van der Waals surface area contributed by atoms with Crippen LogP contribution in [0.4, 0.5) is 0 Å². The molecule has 0 nitrogen and oxygen atoms in total. The molecule has 0 radical (unpaired) electrons. The average molecular weight is 268 g/mol. The van der Waals surface area contributed by atoms with Crippen molar-refractivity contribution in [2.45, 2.75) is 23.6 Å². The molecule has 0 fully saturated rings. The van der Waals surface area contributed by atoms with Crippen LogP contribution in [-0.2, 0) is 3.96 Å². The zero-order valence-corrected chi connectivity index (χ0v) is 11.7. The molecule has 0 aliphatic rings. The van der Waals surface area contributed by atoms with Crippen LogP contribution in [0, 0.1) is 0 Å². The van der Waals surface area contributed by atoms with E-state index in [0.717, 1.165) is 5.56 Å². The van der Waals surface area contributed by atoms with E-state index in [1.54, 1.807) is 0 Å². The Morgan fingerprint density at radius 1 is 1.00 bits per heavy atom. The third-order valence-corrected chi connectivity index (χ3v) is 8.41. The maximum atomic E-state index is 6.37. The van der Waals surface area contributed by atoms with Crippen molar-refractivity contribution in [3.8, 4) is 0 Å². The van der Waals surface area contributed by atoms with Crippen molar-refractivity contribution in [1.82, 2.24) is 0 Å². The molecule has 0 aliphatic heterocycles. The Balaban J connectivity index is 3.10. The van der Waals surface area contributed by atoms with E-state index in [2.05, 4.69) is 19.6 Å². The smallest absolute Gasteiger partial charge is 0.101 e. The Morgan fingerprint density at radius 3 is 1.79 bits per heavy atom. The highest BCUT2D eigenvalue weighted by Crippen LogP contribution is 2.42. The molecule has 0 saturated heterocycles. The average Bonchev–Trinajstić information content (AvgIpc) is 2.03. The van der Waals surface area contributed by atoms with Gasteiger partial charge < -0.3 is 0 Å². The highest BCUT2D eigenvalue weighted by Gasteiger charge is 2.41. The van der Waals surface area contributed by atoms with Gasteiger partial charge in [-0.05, 0) is 17.7 Å². The molecule has 0 aliphatic carbocycles. The second-order valence-corrected chi connectivity index (χ2v) is 12.0. The molecule has 4 heteroatoms. The van der Waals surface area contributed by atoms with E-state index in [0.29, 0.717) is 5.02 Å². The number of rotatable bonds is 2. The third-order valence-electron chi connectivity index (χ3n) is 2.15. The minimum atomic E-state index is -1.66. The standard InChI is InChI=1S/C10H13Cl3Si/c1-14(2,3)10(12,13)8-4-6-9(11)7-5-8/h4-7H,1-3H3. The van der Waals surface area contributed by atoms with Crippen LogP contribution in [0.2, 0.25) is 24.7 Å². The molecule has 0 spiro atoms. The van der Waals surface area contributed by atoms with Crippen molar-refractivity contribution in [2.75, 3.05) is 0 Å². The molecule has 0 heterocycles. The predicted molar refractivity (Wildman–Crippen MR) is 68.2 cm³/mol.